The Morgan fingerprint density at radius 2 is 1.93 bits per heavy atom. The molecule has 0 aromatic heterocycles. The van der Waals surface area contributed by atoms with Crippen molar-refractivity contribution in [3.63, 3.8) is 0 Å². The fraction of sp³-hybridized carbons (Fsp3) is 0.636. The van der Waals surface area contributed by atoms with Gasteiger partial charge in [0.1, 0.15) is 0 Å². The molecule has 0 aromatic carbocycles. The molecule has 0 saturated carbocycles. The molecule has 0 aromatic rings. The van der Waals surface area contributed by atoms with Crippen LogP contribution in [-0.4, -0.2) is 25.0 Å². The lowest BCUT2D eigenvalue weighted by Gasteiger charge is -2.06. The fourth-order valence-electron chi connectivity index (χ4n) is 1.37. The molecule has 15 heavy (non-hydrogen) atoms. The summed E-state index contributed by atoms with van der Waals surface area (Å²) in [4.78, 5) is 22.4. The van der Waals surface area contributed by atoms with Gasteiger partial charge in [-0.25, -0.2) is 0 Å². The Morgan fingerprint density at radius 1 is 1.27 bits per heavy atom. The number of hydrogen-bond acceptors (Lipinski definition) is 3. The average molecular weight is 211 g/mol. The van der Waals surface area contributed by atoms with Crippen LogP contribution in [0.4, 0.5) is 0 Å². The van der Waals surface area contributed by atoms with Crippen molar-refractivity contribution in [2.75, 3.05) is 13.2 Å². The topological polar surface area (TPSA) is 55.4 Å². The molecule has 84 valence electrons. The lowest BCUT2D eigenvalue weighted by molar-refractivity contribution is -0.124. The first-order chi connectivity index (χ1) is 7.02. The molecule has 0 saturated heterocycles. The van der Waals surface area contributed by atoms with Gasteiger partial charge in [-0.05, 0) is 12.8 Å². The van der Waals surface area contributed by atoms with E-state index in [4.69, 9.17) is 4.74 Å². The van der Waals surface area contributed by atoms with Crippen molar-refractivity contribution in [2.24, 2.45) is 5.92 Å². The smallest absolute Gasteiger partial charge is 0.254 e. The van der Waals surface area contributed by atoms with Crippen molar-refractivity contribution >= 4 is 11.8 Å². The number of amides is 2. The van der Waals surface area contributed by atoms with E-state index in [9.17, 15) is 9.59 Å². The second kappa shape index (κ2) is 5.07. The first kappa shape index (κ1) is 11.9. The molecule has 0 bridgehead atoms. The van der Waals surface area contributed by atoms with Gasteiger partial charge in [0.05, 0.1) is 6.61 Å². The van der Waals surface area contributed by atoms with Gasteiger partial charge in [-0.1, -0.05) is 13.8 Å². The third-order valence-electron chi connectivity index (χ3n) is 2.24. The van der Waals surface area contributed by atoms with Crippen molar-refractivity contribution in [1.29, 1.82) is 0 Å². The van der Waals surface area contributed by atoms with E-state index >= 15 is 0 Å². The van der Waals surface area contributed by atoms with Crippen LogP contribution in [0.2, 0.25) is 0 Å². The Hall–Kier alpha value is -1.16. The van der Waals surface area contributed by atoms with Gasteiger partial charge in [0.15, 0.2) is 0 Å². The molecule has 0 unspecified atom stereocenters. The van der Waals surface area contributed by atoms with Crippen LogP contribution in [0.25, 0.3) is 0 Å². The van der Waals surface area contributed by atoms with Gasteiger partial charge in [0.25, 0.3) is 11.8 Å². The molecule has 1 rings (SSSR count). The van der Waals surface area contributed by atoms with E-state index in [0.717, 1.165) is 0 Å². The molecule has 4 nitrogen and oxygen atoms in total. The molecule has 0 spiro atoms. The number of nitrogens with one attached hydrogen (secondary N) is 1. The van der Waals surface area contributed by atoms with Gasteiger partial charge in [-0.15, -0.1) is 0 Å². The van der Waals surface area contributed by atoms with Gasteiger partial charge in [-0.3, -0.25) is 14.9 Å². The summed E-state index contributed by atoms with van der Waals surface area (Å²) < 4.78 is 5.36. The van der Waals surface area contributed by atoms with E-state index in [-0.39, 0.29) is 11.8 Å². The van der Waals surface area contributed by atoms with Crippen LogP contribution < -0.4 is 5.32 Å². The number of hydrogen-bond donors (Lipinski definition) is 1. The van der Waals surface area contributed by atoms with E-state index in [1.807, 2.05) is 0 Å². The number of ether oxygens (including phenoxy) is 1. The van der Waals surface area contributed by atoms with Gasteiger partial charge in [-0.2, -0.15) is 0 Å². The fourth-order valence-corrected chi connectivity index (χ4v) is 1.37. The van der Waals surface area contributed by atoms with Crippen LogP contribution in [0.15, 0.2) is 11.1 Å². The van der Waals surface area contributed by atoms with E-state index in [2.05, 4.69) is 19.2 Å². The summed E-state index contributed by atoms with van der Waals surface area (Å²) in [6.45, 7) is 6.97. The molecule has 0 radical (unpaired) electrons. The van der Waals surface area contributed by atoms with E-state index in [0.29, 0.717) is 36.7 Å². The summed E-state index contributed by atoms with van der Waals surface area (Å²) in [5.41, 5.74) is 1.08. The molecule has 2 amide bonds. The van der Waals surface area contributed by atoms with Crippen molar-refractivity contribution in [3.05, 3.63) is 11.1 Å². The Bertz CT molecular complexity index is 305. The number of carbonyl (C=O) groups is 2. The van der Waals surface area contributed by atoms with Gasteiger partial charge < -0.3 is 4.74 Å². The highest BCUT2D eigenvalue weighted by Crippen LogP contribution is 2.15. The molecule has 1 aliphatic rings. The second-order valence-electron chi connectivity index (χ2n) is 4.11. The predicted molar refractivity (Wildman–Crippen MR) is 56.1 cm³/mol. The minimum Gasteiger partial charge on any atom is -0.381 e. The minimum atomic E-state index is -0.279. The van der Waals surface area contributed by atoms with Crippen LogP contribution in [0, 0.1) is 5.92 Å². The standard InChI is InChI=1S/C11H17NO3/c1-7(2)6-15-5-4-9-8(3)10(13)12-11(9)14/h7H,4-6H2,1-3H3,(H,12,13,14). The SMILES string of the molecule is CC1=C(CCOCC(C)C)C(=O)NC1=O. The Balaban J connectivity index is 2.38. The highest BCUT2D eigenvalue weighted by molar-refractivity contribution is 6.19. The van der Waals surface area contributed by atoms with Gasteiger partial charge in [0.2, 0.25) is 0 Å². The van der Waals surface area contributed by atoms with E-state index in [1.165, 1.54) is 0 Å². The van der Waals surface area contributed by atoms with Crippen LogP contribution in [-0.2, 0) is 14.3 Å². The van der Waals surface area contributed by atoms with Gasteiger partial charge in [0, 0.05) is 24.2 Å². The van der Waals surface area contributed by atoms with Crippen molar-refractivity contribution in [3.8, 4) is 0 Å². The molecule has 1 N–H and O–H groups in total. The molecule has 1 heterocycles. The first-order valence-corrected chi connectivity index (χ1v) is 5.15. The zero-order valence-corrected chi connectivity index (χ0v) is 9.42. The third-order valence-corrected chi connectivity index (χ3v) is 2.24. The summed E-state index contributed by atoms with van der Waals surface area (Å²) in [5, 5.41) is 2.26. The van der Waals surface area contributed by atoms with Crippen LogP contribution in [0.5, 0.6) is 0 Å². The van der Waals surface area contributed by atoms with Gasteiger partial charge >= 0.3 is 0 Å². The number of carbonyl (C=O) groups excluding carboxylic acids is 2. The molecular weight excluding hydrogens is 194 g/mol. The number of imide groups is 1. The van der Waals surface area contributed by atoms with Crippen molar-refractivity contribution in [2.45, 2.75) is 27.2 Å². The third kappa shape index (κ3) is 3.16. The summed E-state index contributed by atoms with van der Waals surface area (Å²) in [5.74, 6) is -0.0661. The van der Waals surface area contributed by atoms with Crippen LogP contribution in [0.3, 0.4) is 0 Å². The lowest BCUT2D eigenvalue weighted by Crippen LogP contribution is -2.23. The lowest BCUT2D eigenvalue weighted by atomic mass is 10.1. The molecule has 0 aliphatic carbocycles. The Labute approximate surface area is 89.7 Å². The Morgan fingerprint density at radius 3 is 2.40 bits per heavy atom. The summed E-state index contributed by atoms with van der Waals surface area (Å²) in [6, 6.07) is 0. The molecule has 4 heteroatoms. The maximum atomic E-state index is 11.3. The summed E-state index contributed by atoms with van der Waals surface area (Å²) in [7, 11) is 0. The van der Waals surface area contributed by atoms with Crippen molar-refractivity contribution < 1.29 is 14.3 Å². The summed E-state index contributed by atoms with van der Waals surface area (Å²) >= 11 is 0. The first-order valence-electron chi connectivity index (χ1n) is 5.15. The maximum Gasteiger partial charge on any atom is 0.254 e. The molecule has 0 fully saturated rings. The normalized spacial score (nSPS) is 16.5. The zero-order chi connectivity index (χ0) is 11.4. The predicted octanol–water partition coefficient (Wildman–Crippen LogP) is 1.02. The highest BCUT2D eigenvalue weighted by Gasteiger charge is 2.26. The number of rotatable bonds is 5. The maximum absolute atomic E-state index is 11.3. The second-order valence-corrected chi connectivity index (χ2v) is 4.11. The highest BCUT2D eigenvalue weighted by atomic mass is 16.5. The Kier molecular flexibility index (Phi) is 4.03. The molecular formula is C11H17NO3. The zero-order valence-electron chi connectivity index (χ0n) is 9.42. The minimum absolute atomic E-state index is 0.273. The molecule has 1 aliphatic heterocycles. The molecule has 0 atom stereocenters. The van der Waals surface area contributed by atoms with E-state index < -0.39 is 0 Å². The quantitative estimate of drug-likeness (QED) is 0.545. The van der Waals surface area contributed by atoms with Crippen LogP contribution >= 0.6 is 0 Å². The monoisotopic (exact) mass is 211 g/mol. The van der Waals surface area contributed by atoms with Crippen molar-refractivity contribution in [1.82, 2.24) is 5.32 Å². The van der Waals surface area contributed by atoms with E-state index in [1.54, 1.807) is 6.92 Å². The largest absolute Gasteiger partial charge is 0.381 e. The summed E-state index contributed by atoms with van der Waals surface area (Å²) in [6.07, 6.45) is 0.510. The average Bonchev–Trinajstić information content (AvgIpc) is 2.37. The van der Waals surface area contributed by atoms with Crippen LogP contribution in [0.1, 0.15) is 27.2 Å².